The lowest BCUT2D eigenvalue weighted by molar-refractivity contribution is -0.115. The first-order valence-corrected chi connectivity index (χ1v) is 8.83. The van der Waals surface area contributed by atoms with Crippen molar-refractivity contribution in [2.75, 3.05) is 5.32 Å². The fourth-order valence-corrected chi connectivity index (χ4v) is 3.19. The third-order valence-electron chi connectivity index (χ3n) is 3.54. The molecule has 0 unspecified atom stereocenters. The molecule has 0 saturated carbocycles. The summed E-state index contributed by atoms with van der Waals surface area (Å²) in [5.41, 5.74) is 2.23. The van der Waals surface area contributed by atoms with Gasteiger partial charge in [-0.15, -0.1) is 0 Å². The van der Waals surface area contributed by atoms with Gasteiger partial charge in [-0.2, -0.15) is 0 Å². The van der Waals surface area contributed by atoms with E-state index in [0.717, 1.165) is 0 Å². The summed E-state index contributed by atoms with van der Waals surface area (Å²) < 4.78 is 5.62. The molecule has 2 aromatic carbocycles. The molecule has 5 nitrogen and oxygen atoms in total. The van der Waals surface area contributed by atoms with E-state index in [1.165, 1.54) is 18.7 Å². The lowest BCUT2D eigenvalue weighted by atomic mass is 10.1. The van der Waals surface area contributed by atoms with Gasteiger partial charge in [0.15, 0.2) is 11.4 Å². The third-order valence-corrected chi connectivity index (χ3v) is 4.72. The van der Waals surface area contributed by atoms with Crippen molar-refractivity contribution < 1.29 is 14.0 Å². The molecular formula is C18H15ClN2O3S. The van der Waals surface area contributed by atoms with Gasteiger partial charge in [0.05, 0.1) is 10.9 Å². The molecular weight excluding hydrogens is 360 g/mol. The van der Waals surface area contributed by atoms with E-state index < -0.39 is 5.25 Å². The van der Waals surface area contributed by atoms with Crippen LogP contribution in [0.4, 0.5) is 5.69 Å². The number of amides is 1. The average molecular weight is 375 g/mol. The number of hydrogen-bond acceptors (Lipinski definition) is 5. The third kappa shape index (κ3) is 4.03. The number of aromatic nitrogens is 1. The zero-order valence-electron chi connectivity index (χ0n) is 13.6. The highest BCUT2D eigenvalue weighted by Crippen LogP contribution is 2.29. The number of carbonyl (C=O) groups excluding carboxylic acids is 2. The Morgan fingerprint density at radius 2 is 2.00 bits per heavy atom. The largest absolute Gasteiger partial charge is 0.431 e. The highest BCUT2D eigenvalue weighted by molar-refractivity contribution is 8.00. The second kappa shape index (κ2) is 7.29. The number of ketones is 1. The van der Waals surface area contributed by atoms with Crippen LogP contribution in [-0.2, 0) is 4.79 Å². The summed E-state index contributed by atoms with van der Waals surface area (Å²) in [5.74, 6) is -0.342. The minimum Gasteiger partial charge on any atom is -0.431 e. The zero-order chi connectivity index (χ0) is 18.0. The summed E-state index contributed by atoms with van der Waals surface area (Å²) >= 11 is 7.13. The monoisotopic (exact) mass is 374 g/mol. The second-order valence-electron chi connectivity index (χ2n) is 5.44. The predicted molar refractivity (Wildman–Crippen MR) is 99.4 cm³/mol. The van der Waals surface area contributed by atoms with E-state index in [9.17, 15) is 9.59 Å². The van der Waals surface area contributed by atoms with Crippen molar-refractivity contribution in [3.05, 3.63) is 53.1 Å². The van der Waals surface area contributed by atoms with Crippen LogP contribution in [0.25, 0.3) is 11.1 Å². The molecule has 1 amide bonds. The van der Waals surface area contributed by atoms with Crippen LogP contribution in [0, 0.1) is 0 Å². The molecule has 1 atom stereocenters. The van der Waals surface area contributed by atoms with Crippen molar-refractivity contribution in [3.8, 4) is 0 Å². The van der Waals surface area contributed by atoms with Gasteiger partial charge in [-0.25, -0.2) is 4.98 Å². The maximum atomic E-state index is 12.4. The molecule has 0 saturated heterocycles. The molecule has 0 fully saturated rings. The van der Waals surface area contributed by atoms with Crippen molar-refractivity contribution in [2.24, 2.45) is 0 Å². The number of nitrogens with zero attached hydrogens (tertiary/aromatic N) is 1. The molecule has 0 radical (unpaired) electrons. The quantitative estimate of drug-likeness (QED) is 0.512. The van der Waals surface area contributed by atoms with Crippen molar-refractivity contribution >= 4 is 51.8 Å². The molecule has 1 N–H and O–H groups in total. The van der Waals surface area contributed by atoms with Crippen molar-refractivity contribution in [3.63, 3.8) is 0 Å². The number of rotatable bonds is 5. The van der Waals surface area contributed by atoms with Crippen LogP contribution in [0.3, 0.4) is 0 Å². The summed E-state index contributed by atoms with van der Waals surface area (Å²) in [6, 6.07) is 12.1. The van der Waals surface area contributed by atoms with E-state index >= 15 is 0 Å². The predicted octanol–water partition coefficient (Wildman–Crippen LogP) is 4.80. The highest BCUT2D eigenvalue weighted by Gasteiger charge is 2.19. The van der Waals surface area contributed by atoms with Crippen LogP contribution in [0.15, 0.2) is 52.1 Å². The van der Waals surface area contributed by atoms with E-state index in [1.54, 1.807) is 49.4 Å². The first kappa shape index (κ1) is 17.5. The second-order valence-corrected chi connectivity index (χ2v) is 7.17. The fraction of sp³-hybridized carbons (Fsp3) is 0.167. The number of benzene rings is 2. The first-order chi connectivity index (χ1) is 11.9. The van der Waals surface area contributed by atoms with Crippen LogP contribution < -0.4 is 5.32 Å². The Kier molecular flexibility index (Phi) is 5.11. The Labute approximate surface area is 153 Å². The first-order valence-electron chi connectivity index (χ1n) is 7.57. The van der Waals surface area contributed by atoms with E-state index in [1.807, 2.05) is 0 Å². The molecule has 3 rings (SSSR count). The number of anilines is 1. The van der Waals surface area contributed by atoms with Gasteiger partial charge in [-0.3, -0.25) is 9.59 Å². The number of hydrogen-bond donors (Lipinski definition) is 1. The van der Waals surface area contributed by atoms with E-state index in [0.29, 0.717) is 32.6 Å². The van der Waals surface area contributed by atoms with Gasteiger partial charge >= 0.3 is 0 Å². The Morgan fingerprint density at radius 3 is 2.76 bits per heavy atom. The van der Waals surface area contributed by atoms with E-state index in [2.05, 4.69) is 10.3 Å². The molecule has 128 valence electrons. The molecule has 7 heteroatoms. The standard InChI is InChI=1S/C18H15ClN2O3S/c1-10(22)13-5-3-4-6-14(13)20-17(23)11(2)25-18-21-15-8-7-12(19)9-16(15)24-18/h3-9,11H,1-2H3,(H,20,23)/t11-/m1/s1. The number of para-hydroxylation sites is 1. The molecule has 0 bridgehead atoms. The lowest BCUT2D eigenvalue weighted by Gasteiger charge is -2.12. The number of carbonyl (C=O) groups is 2. The summed E-state index contributed by atoms with van der Waals surface area (Å²) in [5, 5.41) is 3.28. The minimum absolute atomic E-state index is 0.105. The zero-order valence-corrected chi connectivity index (χ0v) is 15.1. The minimum atomic E-state index is -0.455. The number of nitrogens with one attached hydrogen (secondary N) is 1. The smallest absolute Gasteiger partial charge is 0.257 e. The maximum Gasteiger partial charge on any atom is 0.257 e. The van der Waals surface area contributed by atoms with E-state index in [4.69, 9.17) is 16.0 Å². The molecule has 0 aliphatic carbocycles. The van der Waals surface area contributed by atoms with Gasteiger partial charge in [-0.1, -0.05) is 35.5 Å². The summed E-state index contributed by atoms with van der Waals surface area (Å²) in [4.78, 5) is 28.4. The van der Waals surface area contributed by atoms with Gasteiger partial charge < -0.3 is 9.73 Å². The fourth-order valence-electron chi connectivity index (χ4n) is 2.27. The Bertz CT molecular complexity index is 954. The Balaban J connectivity index is 1.73. The Morgan fingerprint density at radius 1 is 1.24 bits per heavy atom. The van der Waals surface area contributed by atoms with Crippen LogP contribution in [-0.4, -0.2) is 21.9 Å². The van der Waals surface area contributed by atoms with Crippen LogP contribution in [0.1, 0.15) is 24.2 Å². The normalized spacial score (nSPS) is 12.1. The summed E-state index contributed by atoms with van der Waals surface area (Å²) in [6.45, 7) is 3.21. The van der Waals surface area contributed by atoms with Crippen molar-refractivity contribution in [1.82, 2.24) is 4.98 Å². The van der Waals surface area contributed by atoms with Gasteiger partial charge in [0.1, 0.15) is 5.52 Å². The summed E-state index contributed by atoms with van der Waals surface area (Å²) in [7, 11) is 0. The Hall–Kier alpha value is -2.31. The number of oxazole rings is 1. The molecule has 1 aromatic heterocycles. The number of halogens is 1. The highest BCUT2D eigenvalue weighted by atomic mass is 35.5. The van der Waals surface area contributed by atoms with Gasteiger partial charge in [0.25, 0.3) is 5.22 Å². The summed E-state index contributed by atoms with van der Waals surface area (Å²) in [6.07, 6.45) is 0. The van der Waals surface area contributed by atoms with E-state index in [-0.39, 0.29) is 11.7 Å². The number of thioether (sulfide) groups is 1. The SMILES string of the molecule is CC(=O)c1ccccc1NC(=O)[C@@H](C)Sc1nc2ccc(Cl)cc2o1. The van der Waals surface area contributed by atoms with Gasteiger partial charge in [-0.05, 0) is 38.1 Å². The van der Waals surface area contributed by atoms with Crippen molar-refractivity contribution in [1.29, 1.82) is 0 Å². The van der Waals surface area contributed by atoms with Gasteiger partial charge in [0, 0.05) is 16.7 Å². The topological polar surface area (TPSA) is 72.2 Å². The van der Waals surface area contributed by atoms with Crippen LogP contribution >= 0.6 is 23.4 Å². The molecule has 0 spiro atoms. The maximum absolute atomic E-state index is 12.4. The lowest BCUT2D eigenvalue weighted by Crippen LogP contribution is -2.23. The van der Waals surface area contributed by atoms with Crippen LogP contribution in [0.2, 0.25) is 5.02 Å². The molecule has 0 aliphatic rings. The molecule has 0 aliphatic heterocycles. The number of fused-ring (bicyclic) bond motifs is 1. The molecule has 1 heterocycles. The number of Topliss-reactive ketones (excluding diaryl/α,β-unsaturated/α-hetero) is 1. The van der Waals surface area contributed by atoms with Crippen LogP contribution in [0.5, 0.6) is 0 Å². The van der Waals surface area contributed by atoms with Crippen molar-refractivity contribution in [2.45, 2.75) is 24.3 Å². The molecule has 25 heavy (non-hydrogen) atoms. The van der Waals surface area contributed by atoms with Gasteiger partial charge in [0.2, 0.25) is 5.91 Å². The molecule has 3 aromatic rings. The average Bonchev–Trinajstić information content (AvgIpc) is 2.96.